The standard InChI is InChI=1S/C10H20O5/c1-12-8-6-7(4-5-11)15-10(14-3)9(8)13-2/h7-11H,4-6H2,1-3H3/t7?,8-,9?,10-/m1/s1. The molecule has 2 unspecified atom stereocenters. The van der Waals surface area contributed by atoms with E-state index in [2.05, 4.69) is 0 Å². The lowest BCUT2D eigenvalue weighted by Gasteiger charge is -2.39. The van der Waals surface area contributed by atoms with Crippen LogP contribution in [0.25, 0.3) is 0 Å². The Kier molecular flexibility index (Phi) is 5.49. The largest absolute Gasteiger partial charge is 0.396 e. The van der Waals surface area contributed by atoms with E-state index in [1.165, 1.54) is 0 Å². The monoisotopic (exact) mass is 220 g/mol. The SMILES string of the molecule is COC1[C@H](OC)OC(CCO)C[C@H]1OC. The molecule has 1 aliphatic heterocycles. The summed E-state index contributed by atoms with van der Waals surface area (Å²) in [5.74, 6) is 0. The molecule has 1 N–H and O–H groups in total. The fourth-order valence-electron chi connectivity index (χ4n) is 1.90. The summed E-state index contributed by atoms with van der Waals surface area (Å²) in [6.45, 7) is 0.106. The second kappa shape index (κ2) is 6.40. The van der Waals surface area contributed by atoms with Gasteiger partial charge in [0.2, 0.25) is 0 Å². The van der Waals surface area contributed by atoms with E-state index in [1.54, 1.807) is 21.3 Å². The van der Waals surface area contributed by atoms with Crippen LogP contribution in [0.2, 0.25) is 0 Å². The van der Waals surface area contributed by atoms with Gasteiger partial charge in [0.25, 0.3) is 0 Å². The van der Waals surface area contributed by atoms with Crippen molar-refractivity contribution >= 4 is 0 Å². The number of methoxy groups -OCH3 is 3. The molecule has 4 atom stereocenters. The molecule has 90 valence electrons. The van der Waals surface area contributed by atoms with Crippen LogP contribution in [0.3, 0.4) is 0 Å². The maximum atomic E-state index is 8.87. The minimum absolute atomic E-state index is 0.0312. The molecule has 15 heavy (non-hydrogen) atoms. The number of hydrogen-bond donors (Lipinski definition) is 1. The van der Waals surface area contributed by atoms with Gasteiger partial charge in [-0.15, -0.1) is 0 Å². The summed E-state index contributed by atoms with van der Waals surface area (Å²) in [6.07, 6.45) is 0.590. The summed E-state index contributed by atoms with van der Waals surface area (Å²) in [5, 5.41) is 8.87. The molecule has 0 aromatic carbocycles. The van der Waals surface area contributed by atoms with Gasteiger partial charge in [-0.25, -0.2) is 0 Å². The Balaban J connectivity index is 2.60. The molecule has 5 heteroatoms. The second-order valence-electron chi connectivity index (χ2n) is 3.58. The summed E-state index contributed by atoms with van der Waals surface area (Å²) in [4.78, 5) is 0. The van der Waals surface area contributed by atoms with Gasteiger partial charge in [-0.2, -0.15) is 0 Å². The first kappa shape index (κ1) is 12.9. The Morgan fingerprint density at radius 2 is 1.93 bits per heavy atom. The minimum Gasteiger partial charge on any atom is -0.396 e. The van der Waals surface area contributed by atoms with E-state index in [-0.39, 0.29) is 24.9 Å². The van der Waals surface area contributed by atoms with Crippen LogP contribution in [0.1, 0.15) is 12.8 Å². The number of aliphatic hydroxyl groups is 1. The van der Waals surface area contributed by atoms with Gasteiger partial charge in [-0.3, -0.25) is 0 Å². The van der Waals surface area contributed by atoms with Crippen molar-refractivity contribution in [1.82, 2.24) is 0 Å². The highest BCUT2D eigenvalue weighted by molar-refractivity contribution is 4.83. The summed E-state index contributed by atoms with van der Waals surface area (Å²) in [5.41, 5.74) is 0. The number of ether oxygens (including phenoxy) is 4. The highest BCUT2D eigenvalue weighted by Crippen LogP contribution is 2.26. The molecule has 5 nitrogen and oxygen atoms in total. The predicted octanol–water partition coefficient (Wildman–Crippen LogP) is 0.160. The Bertz CT molecular complexity index is 161. The second-order valence-corrected chi connectivity index (χ2v) is 3.58. The zero-order chi connectivity index (χ0) is 11.3. The Morgan fingerprint density at radius 1 is 1.20 bits per heavy atom. The molecule has 0 spiro atoms. The van der Waals surface area contributed by atoms with Crippen LogP contribution in [0.4, 0.5) is 0 Å². The van der Waals surface area contributed by atoms with E-state index in [1.807, 2.05) is 0 Å². The summed E-state index contributed by atoms with van der Waals surface area (Å²) < 4.78 is 21.4. The van der Waals surface area contributed by atoms with E-state index >= 15 is 0 Å². The van der Waals surface area contributed by atoms with Gasteiger partial charge in [-0.1, -0.05) is 0 Å². The molecule has 0 saturated carbocycles. The first-order chi connectivity index (χ1) is 7.26. The number of rotatable bonds is 5. The Labute approximate surface area is 90.3 Å². The topological polar surface area (TPSA) is 57.2 Å². The predicted molar refractivity (Wildman–Crippen MR) is 53.6 cm³/mol. The molecule has 0 amide bonds. The fourth-order valence-corrected chi connectivity index (χ4v) is 1.90. The number of hydrogen-bond acceptors (Lipinski definition) is 5. The van der Waals surface area contributed by atoms with Crippen molar-refractivity contribution in [1.29, 1.82) is 0 Å². The van der Waals surface area contributed by atoms with Crippen molar-refractivity contribution in [2.75, 3.05) is 27.9 Å². The highest BCUT2D eigenvalue weighted by Gasteiger charge is 2.39. The van der Waals surface area contributed by atoms with Crippen molar-refractivity contribution in [3.8, 4) is 0 Å². The zero-order valence-corrected chi connectivity index (χ0v) is 9.51. The van der Waals surface area contributed by atoms with E-state index in [0.29, 0.717) is 6.42 Å². The van der Waals surface area contributed by atoms with Crippen LogP contribution in [-0.2, 0) is 18.9 Å². The molecule has 1 aliphatic rings. The van der Waals surface area contributed by atoms with Crippen LogP contribution < -0.4 is 0 Å². The van der Waals surface area contributed by atoms with Crippen LogP contribution >= 0.6 is 0 Å². The molecular weight excluding hydrogens is 200 g/mol. The minimum atomic E-state index is -0.426. The zero-order valence-electron chi connectivity index (χ0n) is 9.51. The van der Waals surface area contributed by atoms with E-state index in [4.69, 9.17) is 24.1 Å². The van der Waals surface area contributed by atoms with Gasteiger partial charge in [-0.05, 0) is 6.42 Å². The lowest BCUT2D eigenvalue weighted by Crippen LogP contribution is -2.51. The maximum absolute atomic E-state index is 8.87. The molecule has 1 rings (SSSR count). The number of aliphatic hydroxyl groups excluding tert-OH is 1. The van der Waals surface area contributed by atoms with E-state index < -0.39 is 6.29 Å². The van der Waals surface area contributed by atoms with Gasteiger partial charge >= 0.3 is 0 Å². The third kappa shape index (κ3) is 3.12. The van der Waals surface area contributed by atoms with Gasteiger partial charge in [0.05, 0.1) is 12.2 Å². The van der Waals surface area contributed by atoms with Crippen molar-refractivity contribution in [3.63, 3.8) is 0 Å². The lowest BCUT2D eigenvalue weighted by molar-refractivity contribution is -0.269. The molecule has 1 fully saturated rings. The maximum Gasteiger partial charge on any atom is 0.186 e. The third-order valence-electron chi connectivity index (χ3n) is 2.71. The average molecular weight is 220 g/mol. The molecule has 1 heterocycles. The molecule has 0 aromatic heterocycles. The Morgan fingerprint density at radius 3 is 2.40 bits per heavy atom. The van der Waals surface area contributed by atoms with Crippen molar-refractivity contribution in [2.45, 2.75) is 37.4 Å². The van der Waals surface area contributed by atoms with Crippen molar-refractivity contribution in [3.05, 3.63) is 0 Å². The Hall–Kier alpha value is -0.200. The third-order valence-corrected chi connectivity index (χ3v) is 2.71. The molecule has 0 aliphatic carbocycles. The van der Waals surface area contributed by atoms with Crippen LogP contribution in [0, 0.1) is 0 Å². The first-order valence-electron chi connectivity index (χ1n) is 5.11. The highest BCUT2D eigenvalue weighted by atomic mass is 16.7. The fraction of sp³-hybridized carbons (Fsp3) is 1.00. The van der Waals surface area contributed by atoms with E-state index in [0.717, 1.165) is 6.42 Å². The quantitative estimate of drug-likeness (QED) is 0.715. The van der Waals surface area contributed by atoms with Crippen molar-refractivity contribution < 1.29 is 24.1 Å². The molecular formula is C10H20O5. The molecule has 0 aromatic rings. The normalized spacial score (nSPS) is 36.8. The summed E-state index contributed by atoms with van der Waals surface area (Å²) in [6, 6.07) is 0. The van der Waals surface area contributed by atoms with Crippen LogP contribution in [-0.4, -0.2) is 57.6 Å². The van der Waals surface area contributed by atoms with Gasteiger partial charge in [0.1, 0.15) is 6.10 Å². The van der Waals surface area contributed by atoms with Crippen molar-refractivity contribution in [2.24, 2.45) is 0 Å². The van der Waals surface area contributed by atoms with E-state index in [9.17, 15) is 0 Å². The van der Waals surface area contributed by atoms with Gasteiger partial charge < -0.3 is 24.1 Å². The summed E-state index contributed by atoms with van der Waals surface area (Å²) >= 11 is 0. The smallest absolute Gasteiger partial charge is 0.186 e. The molecule has 0 radical (unpaired) electrons. The molecule has 1 saturated heterocycles. The summed E-state index contributed by atoms with van der Waals surface area (Å²) in [7, 11) is 4.83. The van der Waals surface area contributed by atoms with Crippen LogP contribution in [0.15, 0.2) is 0 Å². The van der Waals surface area contributed by atoms with Crippen LogP contribution in [0.5, 0.6) is 0 Å². The van der Waals surface area contributed by atoms with Gasteiger partial charge in [0.15, 0.2) is 6.29 Å². The first-order valence-corrected chi connectivity index (χ1v) is 5.11. The van der Waals surface area contributed by atoms with Gasteiger partial charge in [0, 0.05) is 34.4 Å². The average Bonchev–Trinajstić information content (AvgIpc) is 2.28. The lowest BCUT2D eigenvalue weighted by atomic mass is 10.00. The molecule has 0 bridgehead atoms.